The molecule has 2 N–H and O–H groups in total. The van der Waals surface area contributed by atoms with E-state index in [4.69, 9.17) is 4.74 Å². The van der Waals surface area contributed by atoms with E-state index in [1.54, 1.807) is 47.2 Å². The van der Waals surface area contributed by atoms with Crippen molar-refractivity contribution in [3.8, 4) is 5.75 Å². The van der Waals surface area contributed by atoms with Gasteiger partial charge in [0.25, 0.3) is 11.5 Å². The van der Waals surface area contributed by atoms with Gasteiger partial charge < -0.3 is 19.9 Å². The SMILES string of the molecule is COc1ccc(NC(=O)C2CCN(CC(=O)N3CCN(C(=O)c4cc(Cc5n[nH]c(=O)c6ccccc56)ccc4F)CC3)CC2)cc1. The molecule has 1 aromatic heterocycles. The zero-order chi connectivity index (χ0) is 32.9. The third-order valence-corrected chi connectivity index (χ3v) is 9.00. The van der Waals surface area contributed by atoms with Crippen molar-refractivity contribution in [2.24, 2.45) is 5.92 Å². The highest BCUT2D eigenvalue weighted by atomic mass is 19.1. The molecule has 2 saturated heterocycles. The number of anilines is 1. The molecule has 0 spiro atoms. The summed E-state index contributed by atoms with van der Waals surface area (Å²) >= 11 is 0. The fraction of sp³-hybridized carbons (Fsp3) is 0.343. The van der Waals surface area contributed by atoms with Gasteiger partial charge in [-0.2, -0.15) is 5.10 Å². The molecule has 12 heteroatoms. The standard InChI is InChI=1S/C35H37FN6O5/c1-47-26-9-7-25(8-10-26)37-33(44)24-12-14-40(15-13-24)22-32(43)41-16-18-42(19-17-41)35(46)29-20-23(6-11-30(29)36)21-31-27-4-2-3-5-28(27)34(45)39-38-31/h2-11,20,24H,12-19,21-22H2,1H3,(H,37,44)(H,39,45). The second-order valence-electron chi connectivity index (χ2n) is 12.0. The Morgan fingerprint density at radius 3 is 2.30 bits per heavy atom. The molecule has 11 nitrogen and oxygen atoms in total. The number of H-pyrrole nitrogens is 1. The number of hydrogen-bond acceptors (Lipinski definition) is 7. The summed E-state index contributed by atoms with van der Waals surface area (Å²) in [7, 11) is 1.59. The predicted molar refractivity (Wildman–Crippen MR) is 175 cm³/mol. The molecule has 4 aromatic rings. The number of fused-ring (bicyclic) bond motifs is 1. The Bertz CT molecular complexity index is 1830. The molecular formula is C35H37FN6O5. The topological polar surface area (TPSA) is 128 Å². The van der Waals surface area contributed by atoms with Crippen molar-refractivity contribution in [2.45, 2.75) is 19.3 Å². The second kappa shape index (κ2) is 14.1. The van der Waals surface area contributed by atoms with Crippen molar-refractivity contribution >= 4 is 34.2 Å². The number of aromatic amines is 1. The molecule has 0 aliphatic carbocycles. The molecule has 0 bridgehead atoms. The molecule has 2 aliphatic heterocycles. The summed E-state index contributed by atoms with van der Waals surface area (Å²) in [4.78, 5) is 56.8. The lowest BCUT2D eigenvalue weighted by molar-refractivity contribution is -0.134. The summed E-state index contributed by atoms with van der Waals surface area (Å²) in [5.74, 6) is -0.481. The van der Waals surface area contributed by atoms with Gasteiger partial charge in [-0.05, 0) is 74.0 Å². The van der Waals surface area contributed by atoms with Crippen LogP contribution in [0.3, 0.4) is 0 Å². The minimum atomic E-state index is -0.613. The van der Waals surface area contributed by atoms with Crippen molar-refractivity contribution in [3.63, 3.8) is 0 Å². The number of piperidine rings is 1. The first-order valence-electron chi connectivity index (χ1n) is 15.8. The average molecular weight is 641 g/mol. The van der Waals surface area contributed by atoms with E-state index in [9.17, 15) is 23.6 Å². The van der Waals surface area contributed by atoms with Crippen LogP contribution in [0.1, 0.15) is 34.5 Å². The number of amides is 3. The van der Waals surface area contributed by atoms with E-state index in [0.717, 1.165) is 11.4 Å². The zero-order valence-corrected chi connectivity index (χ0v) is 26.2. The highest BCUT2D eigenvalue weighted by Gasteiger charge is 2.30. The number of carbonyl (C=O) groups is 3. The third kappa shape index (κ3) is 7.33. The molecule has 6 rings (SSSR count). The van der Waals surface area contributed by atoms with Gasteiger partial charge in [-0.15, -0.1) is 0 Å². The largest absolute Gasteiger partial charge is 0.497 e. The molecular weight excluding hydrogens is 603 g/mol. The Morgan fingerprint density at radius 1 is 0.915 bits per heavy atom. The van der Waals surface area contributed by atoms with Gasteiger partial charge in [-0.1, -0.05) is 24.3 Å². The van der Waals surface area contributed by atoms with E-state index < -0.39 is 11.7 Å². The lowest BCUT2D eigenvalue weighted by Crippen LogP contribution is -2.53. The minimum Gasteiger partial charge on any atom is -0.497 e. The Labute approximate surface area is 271 Å². The van der Waals surface area contributed by atoms with Crippen molar-refractivity contribution in [3.05, 3.63) is 99.7 Å². The number of benzene rings is 3. The predicted octanol–water partition coefficient (Wildman–Crippen LogP) is 3.30. The summed E-state index contributed by atoms with van der Waals surface area (Å²) in [5.41, 5.74) is 1.72. The number of carbonyl (C=O) groups excluding carboxylic acids is 3. The first-order valence-corrected chi connectivity index (χ1v) is 15.8. The van der Waals surface area contributed by atoms with Gasteiger partial charge in [-0.3, -0.25) is 24.1 Å². The quantitative estimate of drug-likeness (QED) is 0.303. The van der Waals surface area contributed by atoms with Gasteiger partial charge >= 0.3 is 0 Å². The average Bonchev–Trinajstić information content (AvgIpc) is 3.10. The normalized spacial score (nSPS) is 15.9. The van der Waals surface area contributed by atoms with Crippen LogP contribution in [-0.2, 0) is 16.0 Å². The summed E-state index contributed by atoms with van der Waals surface area (Å²) in [5, 5.41) is 10.9. The summed E-state index contributed by atoms with van der Waals surface area (Å²) in [6.45, 7) is 2.86. The van der Waals surface area contributed by atoms with Gasteiger partial charge in [-0.25, -0.2) is 9.49 Å². The molecule has 244 valence electrons. The van der Waals surface area contributed by atoms with Crippen LogP contribution >= 0.6 is 0 Å². The lowest BCUT2D eigenvalue weighted by Gasteiger charge is -2.37. The number of hydrogen-bond donors (Lipinski definition) is 2. The highest BCUT2D eigenvalue weighted by molar-refractivity contribution is 5.95. The summed E-state index contributed by atoms with van der Waals surface area (Å²) in [6, 6.07) is 18.8. The van der Waals surface area contributed by atoms with E-state index in [1.807, 2.05) is 24.3 Å². The summed E-state index contributed by atoms with van der Waals surface area (Å²) in [6.07, 6.45) is 1.64. The molecule has 3 aromatic carbocycles. The van der Waals surface area contributed by atoms with E-state index in [-0.39, 0.29) is 35.4 Å². The molecule has 0 radical (unpaired) electrons. The number of aromatic nitrogens is 2. The van der Waals surface area contributed by atoms with Gasteiger partial charge in [0.1, 0.15) is 11.6 Å². The first-order chi connectivity index (χ1) is 22.8. The molecule has 2 fully saturated rings. The fourth-order valence-electron chi connectivity index (χ4n) is 6.24. The zero-order valence-electron chi connectivity index (χ0n) is 26.2. The van der Waals surface area contributed by atoms with Crippen molar-refractivity contribution in [1.29, 1.82) is 0 Å². The molecule has 2 aliphatic rings. The first kappa shape index (κ1) is 31.9. The number of nitrogens with one attached hydrogen (secondary N) is 2. The van der Waals surface area contributed by atoms with Crippen LogP contribution in [0.15, 0.2) is 71.5 Å². The van der Waals surface area contributed by atoms with Gasteiger partial charge in [0.05, 0.1) is 30.3 Å². The highest BCUT2D eigenvalue weighted by Crippen LogP contribution is 2.23. The van der Waals surface area contributed by atoms with Gasteiger partial charge in [0.2, 0.25) is 11.8 Å². The monoisotopic (exact) mass is 640 g/mol. The maximum atomic E-state index is 14.9. The van der Waals surface area contributed by atoms with Crippen molar-refractivity contribution in [1.82, 2.24) is 24.9 Å². The van der Waals surface area contributed by atoms with Gasteiger partial charge in [0.15, 0.2) is 0 Å². The van der Waals surface area contributed by atoms with E-state index >= 15 is 0 Å². The number of halogens is 1. The Morgan fingerprint density at radius 2 is 1.60 bits per heavy atom. The Hall–Kier alpha value is -5.10. The van der Waals surface area contributed by atoms with Crippen molar-refractivity contribution in [2.75, 3.05) is 58.2 Å². The van der Waals surface area contributed by atoms with Crippen LogP contribution in [0.2, 0.25) is 0 Å². The van der Waals surface area contributed by atoms with E-state index in [2.05, 4.69) is 20.4 Å². The number of nitrogens with zero attached hydrogens (tertiary/aromatic N) is 4. The minimum absolute atomic E-state index is 0.0213. The molecule has 0 unspecified atom stereocenters. The molecule has 47 heavy (non-hydrogen) atoms. The third-order valence-electron chi connectivity index (χ3n) is 9.00. The molecule has 3 amide bonds. The van der Waals surface area contributed by atoms with Crippen LogP contribution in [0, 0.1) is 11.7 Å². The maximum Gasteiger partial charge on any atom is 0.272 e. The number of methoxy groups -OCH3 is 1. The maximum absolute atomic E-state index is 14.9. The Kier molecular flexibility index (Phi) is 9.58. The van der Waals surface area contributed by atoms with Crippen LogP contribution in [0.5, 0.6) is 5.75 Å². The summed E-state index contributed by atoms with van der Waals surface area (Å²) < 4.78 is 20.0. The Balaban J connectivity index is 0.986. The van der Waals surface area contributed by atoms with Gasteiger partial charge in [0, 0.05) is 49.6 Å². The van der Waals surface area contributed by atoms with Crippen LogP contribution in [0.4, 0.5) is 10.1 Å². The lowest BCUT2D eigenvalue weighted by atomic mass is 9.95. The molecule has 0 atom stereocenters. The second-order valence-corrected chi connectivity index (χ2v) is 12.0. The van der Waals surface area contributed by atoms with Crippen molar-refractivity contribution < 1.29 is 23.5 Å². The smallest absolute Gasteiger partial charge is 0.272 e. The van der Waals surface area contributed by atoms with E-state index in [1.165, 1.54) is 12.1 Å². The number of piperazine rings is 1. The van der Waals surface area contributed by atoms with Crippen LogP contribution in [-0.4, -0.2) is 95.5 Å². The van der Waals surface area contributed by atoms with E-state index in [0.29, 0.717) is 80.6 Å². The molecule has 3 heterocycles. The van der Waals surface area contributed by atoms with Crippen LogP contribution in [0.25, 0.3) is 10.8 Å². The number of rotatable bonds is 8. The van der Waals surface area contributed by atoms with Crippen LogP contribution < -0.4 is 15.6 Å². The number of ether oxygens (including phenoxy) is 1. The number of likely N-dealkylation sites (tertiary alicyclic amines) is 1. The molecule has 0 saturated carbocycles. The fourth-order valence-corrected chi connectivity index (χ4v) is 6.24.